The van der Waals surface area contributed by atoms with Gasteiger partial charge in [-0.25, -0.2) is 12.8 Å². The first-order valence-electron chi connectivity index (χ1n) is 5.45. The van der Waals surface area contributed by atoms with Gasteiger partial charge in [-0.2, -0.15) is 0 Å². The van der Waals surface area contributed by atoms with Crippen molar-refractivity contribution in [2.45, 2.75) is 5.75 Å². The number of rotatable bonds is 4. The molecule has 6 heteroatoms. The smallest absolute Gasteiger partial charge is 0.236 e. The summed E-state index contributed by atoms with van der Waals surface area (Å²) >= 11 is 5.73. The van der Waals surface area contributed by atoms with Crippen LogP contribution in [0.4, 0.5) is 10.1 Å². The van der Waals surface area contributed by atoms with Crippen molar-refractivity contribution in [3.8, 4) is 0 Å². The summed E-state index contributed by atoms with van der Waals surface area (Å²) in [5.74, 6) is -0.581. The van der Waals surface area contributed by atoms with E-state index in [9.17, 15) is 12.8 Å². The van der Waals surface area contributed by atoms with E-state index in [0.29, 0.717) is 16.3 Å². The molecule has 2 aromatic carbocycles. The van der Waals surface area contributed by atoms with Gasteiger partial charge >= 0.3 is 0 Å². The molecule has 1 N–H and O–H groups in total. The summed E-state index contributed by atoms with van der Waals surface area (Å²) in [5, 5.41) is 0.549. The lowest BCUT2D eigenvalue weighted by atomic mass is 10.2. The average molecular weight is 300 g/mol. The van der Waals surface area contributed by atoms with Gasteiger partial charge in [-0.1, -0.05) is 23.7 Å². The Kier molecular flexibility index (Phi) is 4.07. The molecule has 0 spiro atoms. The molecule has 100 valence electrons. The van der Waals surface area contributed by atoms with Crippen LogP contribution in [0.3, 0.4) is 0 Å². The molecule has 0 amide bonds. The summed E-state index contributed by atoms with van der Waals surface area (Å²) < 4.78 is 38.9. The summed E-state index contributed by atoms with van der Waals surface area (Å²) in [4.78, 5) is 0. The number of benzene rings is 2. The molecule has 0 heterocycles. The first-order valence-corrected chi connectivity index (χ1v) is 7.48. The van der Waals surface area contributed by atoms with Crippen LogP contribution in [0.25, 0.3) is 0 Å². The Morgan fingerprint density at radius 2 is 1.58 bits per heavy atom. The van der Waals surface area contributed by atoms with Crippen LogP contribution in [0, 0.1) is 5.82 Å². The van der Waals surface area contributed by atoms with E-state index in [2.05, 4.69) is 4.72 Å². The third-order valence-corrected chi connectivity index (χ3v) is 3.90. The summed E-state index contributed by atoms with van der Waals surface area (Å²) in [6.07, 6.45) is 0. The summed E-state index contributed by atoms with van der Waals surface area (Å²) in [6, 6.07) is 11.7. The molecule has 0 aliphatic heterocycles. The largest absolute Gasteiger partial charge is 0.283 e. The van der Waals surface area contributed by atoms with Crippen LogP contribution in [0.15, 0.2) is 48.5 Å². The summed E-state index contributed by atoms with van der Waals surface area (Å²) in [5.41, 5.74) is 0.953. The third-order valence-electron chi connectivity index (χ3n) is 2.39. The number of halogens is 2. The Hall–Kier alpha value is -1.59. The van der Waals surface area contributed by atoms with Crippen molar-refractivity contribution in [2.24, 2.45) is 0 Å². The molecule has 0 radical (unpaired) electrons. The maximum atomic E-state index is 12.7. The van der Waals surface area contributed by atoms with E-state index < -0.39 is 15.8 Å². The molecular formula is C13H11ClFNO2S. The first kappa shape index (κ1) is 13.8. The molecule has 2 rings (SSSR count). The number of sulfonamides is 1. The molecule has 0 aromatic heterocycles. The molecule has 0 unspecified atom stereocenters. The summed E-state index contributed by atoms with van der Waals surface area (Å²) in [6.45, 7) is 0. The lowest BCUT2D eigenvalue weighted by Gasteiger charge is -2.08. The molecule has 3 nitrogen and oxygen atoms in total. The molecule has 19 heavy (non-hydrogen) atoms. The monoisotopic (exact) mass is 299 g/mol. The topological polar surface area (TPSA) is 46.2 Å². The molecule has 0 bridgehead atoms. The van der Waals surface area contributed by atoms with Crippen molar-refractivity contribution in [2.75, 3.05) is 4.72 Å². The Balaban J connectivity index is 2.10. The van der Waals surface area contributed by atoms with Crippen molar-refractivity contribution >= 4 is 27.3 Å². The quantitative estimate of drug-likeness (QED) is 0.940. The average Bonchev–Trinajstić information content (AvgIpc) is 2.34. The van der Waals surface area contributed by atoms with Gasteiger partial charge in [-0.05, 0) is 42.0 Å². The lowest BCUT2D eigenvalue weighted by molar-refractivity contribution is 0.600. The Morgan fingerprint density at radius 1 is 1.00 bits per heavy atom. The maximum Gasteiger partial charge on any atom is 0.236 e. The Morgan fingerprint density at radius 3 is 2.16 bits per heavy atom. The number of anilines is 1. The van der Waals surface area contributed by atoms with Crippen molar-refractivity contribution in [3.05, 3.63) is 64.9 Å². The fraction of sp³-hybridized carbons (Fsp3) is 0.0769. The fourth-order valence-corrected chi connectivity index (χ4v) is 2.86. The maximum absolute atomic E-state index is 12.7. The normalized spacial score (nSPS) is 11.3. The predicted octanol–water partition coefficient (Wildman–Crippen LogP) is 3.42. The molecule has 0 aliphatic rings. The van der Waals surface area contributed by atoms with Gasteiger partial charge in [0.1, 0.15) is 5.82 Å². The molecule has 2 aromatic rings. The van der Waals surface area contributed by atoms with E-state index in [1.807, 2.05) is 0 Å². The minimum atomic E-state index is -3.53. The van der Waals surface area contributed by atoms with Crippen molar-refractivity contribution in [1.82, 2.24) is 0 Å². The SMILES string of the molecule is O=S(=O)(Cc1ccc(Cl)cc1)Nc1ccc(F)cc1. The van der Waals surface area contributed by atoms with Gasteiger partial charge in [0.05, 0.1) is 5.75 Å². The van der Waals surface area contributed by atoms with Crippen molar-refractivity contribution in [1.29, 1.82) is 0 Å². The zero-order valence-corrected chi connectivity index (χ0v) is 11.4. The standard InChI is InChI=1S/C13H11ClFNO2S/c14-11-3-1-10(2-4-11)9-19(17,18)16-13-7-5-12(15)6-8-13/h1-8,16H,9H2. The minimum Gasteiger partial charge on any atom is -0.283 e. The minimum absolute atomic E-state index is 0.165. The number of hydrogen-bond donors (Lipinski definition) is 1. The van der Waals surface area contributed by atoms with E-state index >= 15 is 0 Å². The molecule has 0 saturated carbocycles. The van der Waals surface area contributed by atoms with E-state index in [-0.39, 0.29) is 5.75 Å². The van der Waals surface area contributed by atoms with Crippen LogP contribution >= 0.6 is 11.6 Å². The highest BCUT2D eigenvalue weighted by atomic mass is 35.5. The lowest BCUT2D eigenvalue weighted by Crippen LogP contribution is -2.15. The van der Waals surface area contributed by atoms with Crippen LogP contribution in [-0.2, 0) is 15.8 Å². The summed E-state index contributed by atoms with van der Waals surface area (Å²) in [7, 11) is -3.53. The van der Waals surface area contributed by atoms with Crippen LogP contribution in [0.2, 0.25) is 5.02 Å². The van der Waals surface area contributed by atoms with E-state index in [1.165, 1.54) is 24.3 Å². The second-order valence-electron chi connectivity index (χ2n) is 3.99. The molecule has 0 aliphatic carbocycles. The predicted molar refractivity (Wildman–Crippen MR) is 74.1 cm³/mol. The van der Waals surface area contributed by atoms with Gasteiger partial charge in [0, 0.05) is 10.7 Å². The van der Waals surface area contributed by atoms with E-state index in [1.54, 1.807) is 24.3 Å². The van der Waals surface area contributed by atoms with Gasteiger partial charge < -0.3 is 0 Å². The second-order valence-corrected chi connectivity index (χ2v) is 6.15. The van der Waals surface area contributed by atoms with E-state index in [4.69, 9.17) is 11.6 Å². The van der Waals surface area contributed by atoms with Crippen molar-refractivity contribution in [3.63, 3.8) is 0 Å². The van der Waals surface area contributed by atoms with Gasteiger partial charge in [-0.15, -0.1) is 0 Å². The zero-order valence-electron chi connectivity index (χ0n) is 9.81. The van der Waals surface area contributed by atoms with Crippen LogP contribution in [-0.4, -0.2) is 8.42 Å². The van der Waals surface area contributed by atoms with Crippen LogP contribution in [0.5, 0.6) is 0 Å². The highest BCUT2D eigenvalue weighted by Crippen LogP contribution is 2.15. The second kappa shape index (κ2) is 5.59. The Bertz CT molecular complexity index is 601. The molecular weight excluding hydrogens is 289 g/mol. The first-order chi connectivity index (χ1) is 8.94. The third kappa shape index (κ3) is 4.22. The van der Waals surface area contributed by atoms with Gasteiger partial charge in [0.2, 0.25) is 10.0 Å². The molecule has 0 atom stereocenters. The van der Waals surface area contributed by atoms with Gasteiger partial charge in [0.15, 0.2) is 0 Å². The van der Waals surface area contributed by atoms with Crippen molar-refractivity contribution < 1.29 is 12.8 Å². The van der Waals surface area contributed by atoms with Gasteiger partial charge in [0.25, 0.3) is 0 Å². The highest BCUT2D eigenvalue weighted by Gasteiger charge is 2.11. The molecule has 0 saturated heterocycles. The number of nitrogens with one attached hydrogen (secondary N) is 1. The fourth-order valence-electron chi connectivity index (χ4n) is 1.53. The highest BCUT2D eigenvalue weighted by molar-refractivity contribution is 7.91. The zero-order chi connectivity index (χ0) is 13.9. The van der Waals surface area contributed by atoms with Crippen LogP contribution < -0.4 is 4.72 Å². The molecule has 0 fully saturated rings. The van der Waals surface area contributed by atoms with Crippen LogP contribution in [0.1, 0.15) is 5.56 Å². The Labute approximate surface area is 116 Å². The van der Waals surface area contributed by atoms with Gasteiger partial charge in [-0.3, -0.25) is 4.72 Å². The number of hydrogen-bond acceptors (Lipinski definition) is 2. The van der Waals surface area contributed by atoms with E-state index in [0.717, 1.165) is 0 Å².